The van der Waals surface area contributed by atoms with Crippen LogP contribution in [0.4, 0.5) is 0 Å². The first-order chi connectivity index (χ1) is 18.5. The molecule has 0 aromatic heterocycles. The third-order valence-electron chi connectivity index (χ3n) is 10.5. The van der Waals surface area contributed by atoms with E-state index in [-0.39, 0.29) is 30.1 Å². The van der Waals surface area contributed by atoms with Crippen LogP contribution in [0.5, 0.6) is 0 Å². The molecule has 218 valence electrons. The minimum Gasteiger partial charge on any atom is -0.466 e. The monoisotopic (exact) mass is 560 g/mol. The van der Waals surface area contributed by atoms with Crippen molar-refractivity contribution in [2.24, 2.45) is 28.1 Å². The molecule has 3 aliphatic heterocycles. The number of aliphatic hydroxyl groups excluding tert-OH is 1. The van der Waals surface area contributed by atoms with Crippen molar-refractivity contribution in [1.82, 2.24) is 0 Å². The van der Waals surface area contributed by atoms with Crippen LogP contribution < -0.4 is 0 Å². The van der Waals surface area contributed by atoms with Gasteiger partial charge in [-0.25, -0.2) is 9.59 Å². The summed E-state index contributed by atoms with van der Waals surface area (Å²) in [6, 6.07) is 0. The van der Waals surface area contributed by atoms with Gasteiger partial charge in [-0.2, -0.15) is 0 Å². The van der Waals surface area contributed by atoms with Crippen molar-refractivity contribution in [2.75, 3.05) is 7.11 Å². The lowest BCUT2D eigenvalue weighted by molar-refractivity contribution is -0.299. The molecule has 2 bridgehead atoms. The van der Waals surface area contributed by atoms with Crippen molar-refractivity contribution in [1.29, 1.82) is 0 Å². The molecule has 0 amide bonds. The zero-order valence-corrected chi connectivity index (χ0v) is 23.6. The number of rotatable bonds is 4. The molecule has 4 fully saturated rings. The van der Waals surface area contributed by atoms with Gasteiger partial charge in [-0.15, -0.1) is 0 Å². The van der Waals surface area contributed by atoms with Gasteiger partial charge >= 0.3 is 23.9 Å². The summed E-state index contributed by atoms with van der Waals surface area (Å²) < 4.78 is 28.1. The Hall–Kier alpha value is -3.05. The van der Waals surface area contributed by atoms with Crippen molar-refractivity contribution in [2.45, 2.75) is 90.5 Å². The molecule has 5 aliphatic rings. The van der Waals surface area contributed by atoms with Crippen LogP contribution in [0.25, 0.3) is 0 Å². The molecule has 0 radical (unpaired) electrons. The first-order valence-corrected chi connectivity index (χ1v) is 13.5. The van der Waals surface area contributed by atoms with Gasteiger partial charge in [-0.3, -0.25) is 14.4 Å². The van der Waals surface area contributed by atoms with Gasteiger partial charge in [-0.05, 0) is 30.4 Å². The van der Waals surface area contributed by atoms with Crippen molar-refractivity contribution >= 4 is 29.7 Å². The molecule has 0 aromatic carbocycles. The van der Waals surface area contributed by atoms with Crippen LogP contribution in [0.1, 0.15) is 60.3 Å². The molecule has 0 aromatic rings. The van der Waals surface area contributed by atoms with Gasteiger partial charge in [0.25, 0.3) is 0 Å². The lowest BCUT2D eigenvalue weighted by Crippen LogP contribution is -2.75. The molecule has 3 heterocycles. The summed E-state index contributed by atoms with van der Waals surface area (Å²) in [6.07, 6.45) is -2.71. The molecule has 9 unspecified atom stereocenters. The predicted molar refractivity (Wildman–Crippen MR) is 135 cm³/mol. The van der Waals surface area contributed by atoms with Crippen molar-refractivity contribution in [3.8, 4) is 0 Å². The van der Waals surface area contributed by atoms with E-state index in [1.807, 2.05) is 13.8 Å². The molecule has 11 heteroatoms. The summed E-state index contributed by atoms with van der Waals surface area (Å²) in [7, 11) is 1.20. The fourth-order valence-electron chi connectivity index (χ4n) is 8.51. The number of ether oxygens (including phenoxy) is 5. The number of carbonyl (C=O) groups excluding carboxylic acids is 5. The quantitative estimate of drug-likeness (QED) is 0.305. The van der Waals surface area contributed by atoms with Gasteiger partial charge in [0.1, 0.15) is 17.5 Å². The lowest BCUT2D eigenvalue weighted by Gasteiger charge is -2.70. The molecular formula is C29H36O11. The van der Waals surface area contributed by atoms with E-state index in [4.69, 9.17) is 23.7 Å². The summed E-state index contributed by atoms with van der Waals surface area (Å²) in [5.74, 6) is -4.24. The maximum absolute atomic E-state index is 13.7. The minimum atomic E-state index is -1.45. The van der Waals surface area contributed by atoms with Crippen LogP contribution in [0.15, 0.2) is 23.8 Å². The highest BCUT2D eigenvalue weighted by molar-refractivity contribution is 5.93. The van der Waals surface area contributed by atoms with E-state index in [0.29, 0.717) is 18.4 Å². The summed E-state index contributed by atoms with van der Waals surface area (Å²) >= 11 is 0. The van der Waals surface area contributed by atoms with Gasteiger partial charge in [0.15, 0.2) is 0 Å². The van der Waals surface area contributed by atoms with E-state index in [9.17, 15) is 29.1 Å². The average Bonchev–Trinajstić information content (AvgIpc) is 3.19. The fourth-order valence-corrected chi connectivity index (χ4v) is 8.51. The van der Waals surface area contributed by atoms with Gasteiger partial charge in [0.2, 0.25) is 12.4 Å². The molecule has 2 saturated heterocycles. The number of hydrogen-bond acceptors (Lipinski definition) is 11. The van der Waals surface area contributed by atoms with E-state index in [0.717, 1.165) is 0 Å². The topological polar surface area (TPSA) is 152 Å². The smallest absolute Gasteiger partial charge is 0.347 e. The van der Waals surface area contributed by atoms with Crippen LogP contribution in [0.2, 0.25) is 0 Å². The van der Waals surface area contributed by atoms with E-state index < -0.39 is 76.2 Å². The van der Waals surface area contributed by atoms with Crippen LogP contribution in [-0.4, -0.2) is 72.1 Å². The Labute approximate surface area is 232 Å². The third kappa shape index (κ3) is 3.59. The number of methoxy groups -OCH3 is 1. The second-order valence-corrected chi connectivity index (χ2v) is 12.7. The average molecular weight is 561 g/mol. The Bertz CT molecular complexity index is 1250. The zero-order chi connectivity index (χ0) is 29.6. The van der Waals surface area contributed by atoms with Crippen molar-refractivity contribution in [3.63, 3.8) is 0 Å². The highest BCUT2D eigenvalue weighted by atomic mass is 16.6. The van der Waals surface area contributed by atoms with Gasteiger partial charge in [0.05, 0.1) is 25.2 Å². The minimum absolute atomic E-state index is 0.00125. The van der Waals surface area contributed by atoms with E-state index >= 15 is 0 Å². The van der Waals surface area contributed by atoms with Crippen LogP contribution in [0, 0.1) is 28.1 Å². The van der Waals surface area contributed by atoms with E-state index in [1.165, 1.54) is 20.1 Å². The largest absolute Gasteiger partial charge is 0.466 e. The molecular weight excluding hydrogens is 524 g/mol. The maximum atomic E-state index is 13.7. The van der Waals surface area contributed by atoms with Crippen molar-refractivity contribution < 1.29 is 52.8 Å². The highest BCUT2D eigenvalue weighted by Crippen LogP contribution is 2.70. The normalized spacial score (nSPS) is 42.5. The Balaban J connectivity index is 1.65. The van der Waals surface area contributed by atoms with Crippen LogP contribution in [0.3, 0.4) is 0 Å². The number of carbonyl (C=O) groups is 5. The van der Waals surface area contributed by atoms with Crippen molar-refractivity contribution in [3.05, 3.63) is 23.8 Å². The molecule has 40 heavy (non-hydrogen) atoms. The first kappa shape index (κ1) is 28.5. The molecule has 2 saturated carbocycles. The summed E-state index contributed by atoms with van der Waals surface area (Å²) in [6.45, 7) is 12.9. The first-order valence-electron chi connectivity index (χ1n) is 13.5. The highest BCUT2D eigenvalue weighted by Gasteiger charge is 2.75. The summed E-state index contributed by atoms with van der Waals surface area (Å²) in [5.41, 5.74) is -3.68. The Morgan fingerprint density at radius 2 is 1.82 bits per heavy atom. The van der Waals surface area contributed by atoms with E-state index in [2.05, 4.69) is 6.58 Å². The third-order valence-corrected chi connectivity index (χ3v) is 10.5. The number of aliphatic hydroxyl groups is 1. The molecule has 1 spiro atoms. The summed E-state index contributed by atoms with van der Waals surface area (Å²) in [5, 5.41) is 9.93. The predicted octanol–water partition coefficient (Wildman–Crippen LogP) is 1.94. The number of Topliss-reactive ketones (excluding diaryl/α,β-unsaturated/α-hetero) is 1. The SMILES string of the molecule is C=C1C2CCC3(C)C(C4=CC(O)OC4=O)OC(=O)CC13OC1CC(=O)C(C)(C)C(C(OC(C)=O)C(=O)OC)C12C. The second-order valence-electron chi connectivity index (χ2n) is 12.7. The van der Waals surface area contributed by atoms with Crippen LogP contribution in [-0.2, 0) is 47.7 Å². The number of esters is 4. The second kappa shape index (κ2) is 8.97. The van der Waals surface area contributed by atoms with Gasteiger partial charge < -0.3 is 28.8 Å². The van der Waals surface area contributed by atoms with E-state index in [1.54, 1.807) is 13.8 Å². The molecule has 5 rings (SSSR count). The molecule has 11 nitrogen and oxygen atoms in total. The molecule has 9 atom stereocenters. The maximum Gasteiger partial charge on any atom is 0.347 e. The van der Waals surface area contributed by atoms with Crippen LogP contribution >= 0.6 is 0 Å². The molecule has 1 N–H and O–H groups in total. The van der Waals surface area contributed by atoms with Gasteiger partial charge in [0, 0.05) is 35.5 Å². The Morgan fingerprint density at radius 1 is 1.15 bits per heavy atom. The zero-order valence-electron chi connectivity index (χ0n) is 23.6. The lowest BCUT2D eigenvalue weighted by atomic mass is 9.41. The van der Waals surface area contributed by atoms with Gasteiger partial charge in [-0.1, -0.05) is 34.3 Å². The number of fused-ring (bicyclic) bond motifs is 3. The number of cyclic esters (lactones) is 2. The standard InChI is InChI=1S/C29H36O11/c1-13-16-8-9-27(5)23(15-10-19(32)39-24(15)34)38-20(33)12-29(13,27)40-18-11-17(31)26(3,4)22(28(16,18)6)21(25(35)36-7)37-14(2)30/h10,16,18-19,21-23,32H,1,8-9,11-12H2,2-7H3. The Kier molecular flexibility index (Phi) is 6.39. The fraction of sp³-hybridized carbons (Fsp3) is 0.690. The summed E-state index contributed by atoms with van der Waals surface area (Å²) in [4.78, 5) is 64.7. The number of hydrogen-bond donors (Lipinski definition) is 1. The molecule has 2 aliphatic carbocycles. The number of ketones is 1. The Morgan fingerprint density at radius 3 is 2.40 bits per heavy atom.